The molecule has 0 aliphatic rings. The minimum atomic E-state index is -2.81. The van der Waals surface area contributed by atoms with Crippen LogP contribution in [0, 0.1) is 11.6 Å². The van der Waals surface area contributed by atoms with Gasteiger partial charge in [-0.2, -0.15) is 5.10 Å². The SMILES string of the molecule is CCCNCc1cnn(-c2ccc(F)cc2F)c1C(F)F. The molecule has 0 atom stereocenters. The van der Waals surface area contributed by atoms with E-state index in [0.717, 1.165) is 23.2 Å². The van der Waals surface area contributed by atoms with E-state index < -0.39 is 18.1 Å². The molecule has 0 amide bonds. The zero-order valence-electron chi connectivity index (χ0n) is 11.4. The van der Waals surface area contributed by atoms with Gasteiger partial charge in [-0.15, -0.1) is 0 Å². The Morgan fingerprint density at radius 3 is 2.67 bits per heavy atom. The number of benzene rings is 1. The van der Waals surface area contributed by atoms with Crippen molar-refractivity contribution in [1.82, 2.24) is 15.1 Å². The van der Waals surface area contributed by atoms with Crippen LogP contribution in [-0.4, -0.2) is 16.3 Å². The molecule has 0 saturated carbocycles. The standard InChI is InChI=1S/C14H15F4N3/c1-2-5-19-7-9-8-20-21(13(9)14(17)18)12-4-3-10(15)6-11(12)16/h3-4,6,8,14,19H,2,5,7H2,1H3. The molecule has 0 aliphatic carbocycles. The second kappa shape index (κ2) is 6.71. The monoisotopic (exact) mass is 301 g/mol. The fraction of sp³-hybridized carbons (Fsp3) is 0.357. The molecule has 2 rings (SSSR count). The van der Waals surface area contributed by atoms with Crippen molar-refractivity contribution < 1.29 is 17.6 Å². The average Bonchev–Trinajstić information content (AvgIpc) is 2.83. The highest BCUT2D eigenvalue weighted by Crippen LogP contribution is 2.27. The molecule has 0 saturated heterocycles. The van der Waals surface area contributed by atoms with Gasteiger partial charge in [0, 0.05) is 18.2 Å². The van der Waals surface area contributed by atoms with Crippen molar-refractivity contribution in [2.45, 2.75) is 26.3 Å². The Hall–Kier alpha value is -1.89. The summed E-state index contributed by atoms with van der Waals surface area (Å²) in [5.41, 5.74) is -0.292. The number of nitrogens with one attached hydrogen (secondary N) is 1. The van der Waals surface area contributed by atoms with Crippen LogP contribution in [0.5, 0.6) is 0 Å². The zero-order chi connectivity index (χ0) is 15.4. The predicted octanol–water partition coefficient (Wildman–Crippen LogP) is 3.59. The van der Waals surface area contributed by atoms with Gasteiger partial charge < -0.3 is 5.32 Å². The molecule has 7 heteroatoms. The van der Waals surface area contributed by atoms with E-state index in [1.165, 1.54) is 6.20 Å². The minimum absolute atomic E-state index is 0.201. The largest absolute Gasteiger partial charge is 0.313 e. The van der Waals surface area contributed by atoms with Gasteiger partial charge in [0.1, 0.15) is 17.2 Å². The smallest absolute Gasteiger partial charge is 0.280 e. The lowest BCUT2D eigenvalue weighted by molar-refractivity contribution is 0.141. The van der Waals surface area contributed by atoms with E-state index in [2.05, 4.69) is 10.4 Å². The summed E-state index contributed by atoms with van der Waals surface area (Å²) >= 11 is 0. The van der Waals surface area contributed by atoms with Crippen molar-refractivity contribution in [3.8, 4) is 5.69 Å². The van der Waals surface area contributed by atoms with Gasteiger partial charge in [0.05, 0.1) is 6.20 Å². The summed E-state index contributed by atoms with van der Waals surface area (Å²) in [4.78, 5) is 0. The first-order chi connectivity index (χ1) is 10.0. The topological polar surface area (TPSA) is 29.9 Å². The Bertz CT molecular complexity index is 610. The molecule has 1 N–H and O–H groups in total. The molecular formula is C14H15F4N3. The maximum Gasteiger partial charge on any atom is 0.280 e. The van der Waals surface area contributed by atoms with Gasteiger partial charge in [0.25, 0.3) is 6.43 Å². The summed E-state index contributed by atoms with van der Waals surface area (Å²) in [5.74, 6) is -1.71. The maximum atomic E-state index is 13.7. The van der Waals surface area contributed by atoms with Crippen LogP contribution < -0.4 is 5.32 Å². The van der Waals surface area contributed by atoms with Crippen LogP contribution in [-0.2, 0) is 6.54 Å². The lowest BCUT2D eigenvalue weighted by atomic mass is 10.2. The quantitative estimate of drug-likeness (QED) is 0.653. The Morgan fingerprint density at radius 2 is 2.05 bits per heavy atom. The molecule has 1 aromatic heterocycles. The zero-order valence-corrected chi connectivity index (χ0v) is 11.4. The average molecular weight is 301 g/mol. The highest BCUT2D eigenvalue weighted by molar-refractivity contribution is 5.37. The van der Waals surface area contributed by atoms with Crippen LogP contribution >= 0.6 is 0 Å². The van der Waals surface area contributed by atoms with E-state index >= 15 is 0 Å². The Kier molecular flexibility index (Phi) is 4.95. The minimum Gasteiger partial charge on any atom is -0.313 e. The van der Waals surface area contributed by atoms with Gasteiger partial charge in [-0.05, 0) is 25.1 Å². The number of rotatable bonds is 6. The van der Waals surface area contributed by atoms with Crippen LogP contribution in [0.15, 0.2) is 24.4 Å². The van der Waals surface area contributed by atoms with Gasteiger partial charge in [-0.3, -0.25) is 0 Å². The van der Waals surface area contributed by atoms with Crippen LogP contribution in [0.1, 0.15) is 31.0 Å². The van der Waals surface area contributed by atoms with Crippen molar-refractivity contribution >= 4 is 0 Å². The molecule has 0 unspecified atom stereocenters. The molecule has 0 fully saturated rings. The fourth-order valence-electron chi connectivity index (χ4n) is 2.01. The molecule has 0 spiro atoms. The summed E-state index contributed by atoms with van der Waals surface area (Å²) in [6.45, 7) is 2.85. The van der Waals surface area contributed by atoms with E-state index in [0.29, 0.717) is 18.2 Å². The number of alkyl halides is 2. The molecule has 0 radical (unpaired) electrons. The van der Waals surface area contributed by atoms with E-state index in [9.17, 15) is 17.6 Å². The summed E-state index contributed by atoms with van der Waals surface area (Å²) in [7, 11) is 0. The Balaban J connectivity index is 2.39. The van der Waals surface area contributed by atoms with Gasteiger partial charge in [-0.25, -0.2) is 22.2 Å². The molecular weight excluding hydrogens is 286 g/mol. The van der Waals surface area contributed by atoms with E-state index in [1.807, 2.05) is 6.92 Å². The third-order valence-electron chi connectivity index (χ3n) is 2.97. The van der Waals surface area contributed by atoms with Crippen molar-refractivity contribution in [2.75, 3.05) is 6.54 Å². The maximum absolute atomic E-state index is 13.7. The molecule has 2 aromatic rings. The second-order valence-electron chi connectivity index (χ2n) is 4.54. The molecule has 0 aliphatic heterocycles. The highest BCUT2D eigenvalue weighted by atomic mass is 19.3. The molecule has 3 nitrogen and oxygen atoms in total. The number of nitrogens with zero attached hydrogens (tertiary/aromatic N) is 2. The first-order valence-corrected chi connectivity index (χ1v) is 6.55. The number of aromatic nitrogens is 2. The lowest BCUT2D eigenvalue weighted by Crippen LogP contribution is -2.15. The molecule has 114 valence electrons. The van der Waals surface area contributed by atoms with Gasteiger partial charge in [0.15, 0.2) is 5.82 Å². The summed E-state index contributed by atoms with van der Waals surface area (Å²) < 4.78 is 53.9. The van der Waals surface area contributed by atoms with Crippen LogP contribution in [0.25, 0.3) is 5.69 Å². The van der Waals surface area contributed by atoms with Gasteiger partial charge in [0.2, 0.25) is 0 Å². The Morgan fingerprint density at radius 1 is 1.29 bits per heavy atom. The lowest BCUT2D eigenvalue weighted by Gasteiger charge is -2.10. The van der Waals surface area contributed by atoms with Gasteiger partial charge in [-0.1, -0.05) is 6.92 Å². The normalized spacial score (nSPS) is 11.3. The highest BCUT2D eigenvalue weighted by Gasteiger charge is 2.22. The number of halogens is 4. The second-order valence-corrected chi connectivity index (χ2v) is 4.54. The summed E-state index contributed by atoms with van der Waals surface area (Å²) in [5, 5.41) is 6.81. The van der Waals surface area contributed by atoms with Crippen molar-refractivity contribution in [1.29, 1.82) is 0 Å². The van der Waals surface area contributed by atoms with Crippen molar-refractivity contribution in [3.63, 3.8) is 0 Å². The van der Waals surface area contributed by atoms with E-state index in [4.69, 9.17) is 0 Å². The van der Waals surface area contributed by atoms with Crippen LogP contribution in [0.4, 0.5) is 17.6 Å². The predicted molar refractivity (Wildman–Crippen MR) is 70.4 cm³/mol. The third-order valence-corrected chi connectivity index (χ3v) is 2.97. The van der Waals surface area contributed by atoms with Crippen LogP contribution in [0.2, 0.25) is 0 Å². The fourth-order valence-corrected chi connectivity index (χ4v) is 2.01. The Labute approximate surface area is 119 Å². The van der Waals surface area contributed by atoms with E-state index in [1.54, 1.807) is 0 Å². The molecule has 0 bridgehead atoms. The van der Waals surface area contributed by atoms with Crippen molar-refractivity contribution in [2.24, 2.45) is 0 Å². The summed E-state index contributed by atoms with van der Waals surface area (Å²) in [6, 6.07) is 2.73. The first kappa shape index (κ1) is 15.5. The van der Waals surface area contributed by atoms with E-state index in [-0.39, 0.29) is 17.9 Å². The summed E-state index contributed by atoms with van der Waals surface area (Å²) in [6.07, 6.45) is -0.673. The third kappa shape index (κ3) is 3.41. The number of hydrogen-bond acceptors (Lipinski definition) is 2. The molecule has 21 heavy (non-hydrogen) atoms. The van der Waals surface area contributed by atoms with Gasteiger partial charge >= 0.3 is 0 Å². The van der Waals surface area contributed by atoms with Crippen LogP contribution in [0.3, 0.4) is 0 Å². The molecule has 1 heterocycles. The van der Waals surface area contributed by atoms with Crippen molar-refractivity contribution in [3.05, 3.63) is 47.3 Å². The number of hydrogen-bond donors (Lipinski definition) is 1. The first-order valence-electron chi connectivity index (χ1n) is 6.55. The molecule has 1 aromatic carbocycles.